The molecular weight excluding hydrogens is 496 g/mol. The van der Waals surface area contributed by atoms with E-state index in [0.717, 1.165) is 44.6 Å². The van der Waals surface area contributed by atoms with Gasteiger partial charge in [-0.05, 0) is 85.4 Å². The van der Waals surface area contributed by atoms with Crippen molar-refractivity contribution in [2.75, 3.05) is 0 Å². The highest BCUT2D eigenvalue weighted by Gasteiger charge is 2.33. The van der Waals surface area contributed by atoms with Crippen molar-refractivity contribution < 1.29 is 32.2 Å². The number of phenolic OH excluding ortho intramolecular Hbond substituents is 1. The van der Waals surface area contributed by atoms with Gasteiger partial charge in [0.25, 0.3) is 6.08 Å². The third-order valence-corrected chi connectivity index (χ3v) is 7.25. The summed E-state index contributed by atoms with van der Waals surface area (Å²) in [7, 11) is 0. The summed E-state index contributed by atoms with van der Waals surface area (Å²) < 4.78 is 58.4. The van der Waals surface area contributed by atoms with Gasteiger partial charge in [-0.15, -0.1) is 6.58 Å². The number of benzene rings is 2. The van der Waals surface area contributed by atoms with Gasteiger partial charge in [-0.2, -0.15) is 17.6 Å². The number of ketones is 1. The zero-order valence-corrected chi connectivity index (χ0v) is 21.6. The second-order valence-electron chi connectivity index (χ2n) is 10.1. The van der Waals surface area contributed by atoms with Crippen molar-refractivity contribution >= 4 is 5.78 Å². The first kappa shape index (κ1) is 29.5. The third-order valence-electron chi connectivity index (χ3n) is 7.25. The first-order valence-corrected chi connectivity index (χ1v) is 13.3. The summed E-state index contributed by atoms with van der Waals surface area (Å²) in [5.41, 5.74) is 1.61. The van der Waals surface area contributed by atoms with Gasteiger partial charge in [0.1, 0.15) is 11.5 Å². The average Bonchev–Trinajstić information content (AvgIpc) is 2.88. The first-order valence-electron chi connectivity index (χ1n) is 13.3. The van der Waals surface area contributed by atoms with E-state index in [9.17, 15) is 27.5 Å². The number of rotatable bonds is 14. The molecule has 0 bridgehead atoms. The van der Waals surface area contributed by atoms with E-state index in [-0.39, 0.29) is 35.2 Å². The maximum atomic E-state index is 14.5. The molecule has 7 heteroatoms. The molecule has 1 aliphatic carbocycles. The zero-order chi connectivity index (χ0) is 27.5. The molecule has 1 N–H and O–H groups in total. The Kier molecular flexibility index (Phi) is 11.0. The number of allylic oxidation sites excluding steroid dienone is 2. The van der Waals surface area contributed by atoms with Gasteiger partial charge < -0.3 is 9.84 Å². The highest BCUT2D eigenvalue weighted by atomic mass is 19.3. The Bertz CT molecular complexity index is 1080. The van der Waals surface area contributed by atoms with Crippen molar-refractivity contribution in [1.82, 2.24) is 0 Å². The standard InChI is InChI=1S/C31H36F4O3/c1-2-3-4-7-28(36)27-18-15-25(21-29(27)37)24-13-16-26(17-14-24)38-31(34,35)20-19-23-11-9-22(10-12-23)6-5-8-30(32)33/h2,8,13-18,21-23,37H,1,3-7,9-12,19-20H2. The van der Waals surface area contributed by atoms with Gasteiger partial charge in [0.15, 0.2) is 5.78 Å². The van der Waals surface area contributed by atoms with Crippen LogP contribution in [-0.2, 0) is 0 Å². The zero-order valence-electron chi connectivity index (χ0n) is 21.6. The minimum absolute atomic E-state index is 0.0499. The Hall–Kier alpha value is -3.09. The van der Waals surface area contributed by atoms with Crippen LogP contribution in [0.3, 0.4) is 0 Å². The van der Waals surface area contributed by atoms with E-state index in [4.69, 9.17) is 4.74 Å². The van der Waals surface area contributed by atoms with Crippen LogP contribution < -0.4 is 4.74 Å². The Balaban J connectivity index is 1.48. The van der Waals surface area contributed by atoms with Gasteiger partial charge in [0.05, 0.1) is 12.0 Å². The fourth-order valence-electron chi connectivity index (χ4n) is 5.04. The van der Waals surface area contributed by atoms with Gasteiger partial charge in [-0.25, -0.2) is 0 Å². The maximum Gasteiger partial charge on any atom is 0.397 e. The minimum Gasteiger partial charge on any atom is -0.507 e. The largest absolute Gasteiger partial charge is 0.507 e. The van der Waals surface area contributed by atoms with Gasteiger partial charge in [0, 0.05) is 6.42 Å². The lowest BCUT2D eigenvalue weighted by Crippen LogP contribution is -2.26. The number of hydrogen-bond acceptors (Lipinski definition) is 3. The lowest BCUT2D eigenvalue weighted by atomic mass is 9.78. The molecule has 0 aliphatic heterocycles. The van der Waals surface area contributed by atoms with Crippen molar-refractivity contribution in [3.05, 3.63) is 72.8 Å². The molecular formula is C31H36F4O3. The average molecular weight is 533 g/mol. The van der Waals surface area contributed by atoms with Crippen molar-refractivity contribution in [2.45, 2.75) is 76.7 Å². The van der Waals surface area contributed by atoms with Crippen LogP contribution in [0, 0.1) is 11.8 Å². The molecule has 206 valence electrons. The number of halogens is 4. The number of aromatic hydroxyl groups is 1. The number of alkyl halides is 2. The number of carbonyl (C=O) groups is 1. The minimum atomic E-state index is -3.30. The third kappa shape index (κ3) is 9.34. The summed E-state index contributed by atoms with van der Waals surface area (Å²) in [6, 6.07) is 11.0. The molecule has 0 radical (unpaired) electrons. The number of ether oxygens (including phenoxy) is 1. The number of hydrogen-bond donors (Lipinski definition) is 1. The Morgan fingerprint density at radius 3 is 2.21 bits per heavy atom. The lowest BCUT2D eigenvalue weighted by molar-refractivity contribution is -0.183. The molecule has 2 aromatic carbocycles. The van der Waals surface area contributed by atoms with Crippen molar-refractivity contribution in [3.8, 4) is 22.6 Å². The van der Waals surface area contributed by atoms with Gasteiger partial charge >= 0.3 is 6.11 Å². The highest BCUT2D eigenvalue weighted by molar-refractivity contribution is 5.99. The number of unbranched alkanes of at least 4 members (excludes halogenated alkanes) is 1. The highest BCUT2D eigenvalue weighted by Crippen LogP contribution is 2.37. The predicted octanol–water partition coefficient (Wildman–Crippen LogP) is 9.72. The van der Waals surface area contributed by atoms with E-state index < -0.39 is 12.2 Å². The van der Waals surface area contributed by atoms with E-state index in [1.54, 1.807) is 30.3 Å². The van der Waals surface area contributed by atoms with Crippen LogP contribution in [0.1, 0.15) is 81.0 Å². The molecule has 2 aromatic rings. The smallest absolute Gasteiger partial charge is 0.397 e. The Morgan fingerprint density at radius 1 is 0.974 bits per heavy atom. The monoisotopic (exact) mass is 532 g/mol. The van der Waals surface area contributed by atoms with Crippen LogP contribution in [0.15, 0.2) is 67.3 Å². The summed E-state index contributed by atoms with van der Waals surface area (Å²) in [4.78, 5) is 12.3. The van der Waals surface area contributed by atoms with Gasteiger partial charge in [0.2, 0.25) is 0 Å². The second kappa shape index (κ2) is 14.2. The fraction of sp³-hybridized carbons (Fsp3) is 0.452. The summed E-state index contributed by atoms with van der Waals surface area (Å²) in [5.74, 6) is 0.378. The van der Waals surface area contributed by atoms with Gasteiger partial charge in [-0.3, -0.25) is 4.79 Å². The molecule has 0 heterocycles. The Morgan fingerprint density at radius 2 is 1.61 bits per heavy atom. The summed E-state index contributed by atoms with van der Waals surface area (Å²) >= 11 is 0. The molecule has 0 spiro atoms. The molecule has 3 nitrogen and oxygen atoms in total. The molecule has 0 unspecified atom stereocenters. The molecule has 1 aliphatic rings. The lowest BCUT2D eigenvalue weighted by Gasteiger charge is -2.29. The van der Waals surface area contributed by atoms with Crippen molar-refractivity contribution in [3.63, 3.8) is 0 Å². The molecule has 0 amide bonds. The van der Waals surface area contributed by atoms with Crippen LogP contribution in [0.25, 0.3) is 11.1 Å². The number of Topliss-reactive ketones (excluding diaryl/α,β-unsaturated/α-hetero) is 1. The molecule has 1 fully saturated rings. The predicted molar refractivity (Wildman–Crippen MR) is 142 cm³/mol. The molecule has 0 atom stereocenters. The van der Waals surface area contributed by atoms with Gasteiger partial charge in [-0.1, -0.05) is 50.0 Å². The quantitative estimate of drug-likeness (QED) is 0.114. The summed E-state index contributed by atoms with van der Waals surface area (Å²) in [5, 5.41) is 10.3. The summed E-state index contributed by atoms with van der Waals surface area (Å²) in [6.45, 7) is 3.63. The molecule has 1 saturated carbocycles. The normalized spacial score (nSPS) is 17.6. The van der Waals surface area contributed by atoms with E-state index in [2.05, 4.69) is 6.58 Å². The van der Waals surface area contributed by atoms with E-state index in [1.807, 2.05) is 0 Å². The molecule has 0 aromatic heterocycles. The van der Waals surface area contributed by atoms with Crippen molar-refractivity contribution in [2.24, 2.45) is 11.8 Å². The topological polar surface area (TPSA) is 46.5 Å². The van der Waals surface area contributed by atoms with Crippen molar-refractivity contribution in [1.29, 1.82) is 0 Å². The number of carbonyl (C=O) groups excluding carboxylic acids is 1. The van der Waals surface area contributed by atoms with E-state index in [0.29, 0.717) is 42.7 Å². The van der Waals surface area contributed by atoms with Crippen LogP contribution in [0.2, 0.25) is 0 Å². The molecule has 38 heavy (non-hydrogen) atoms. The molecule has 0 saturated heterocycles. The fourth-order valence-corrected chi connectivity index (χ4v) is 5.04. The van der Waals surface area contributed by atoms with Crippen LogP contribution in [0.5, 0.6) is 11.5 Å². The van der Waals surface area contributed by atoms with Crippen LogP contribution in [0.4, 0.5) is 17.6 Å². The summed E-state index contributed by atoms with van der Waals surface area (Å²) in [6.07, 6.45) is 3.98. The van der Waals surface area contributed by atoms with E-state index >= 15 is 0 Å². The van der Waals surface area contributed by atoms with Crippen LogP contribution >= 0.6 is 0 Å². The Labute approximate surface area is 222 Å². The van der Waals surface area contributed by atoms with Crippen LogP contribution in [-0.4, -0.2) is 17.0 Å². The maximum absolute atomic E-state index is 14.5. The second-order valence-corrected chi connectivity index (χ2v) is 10.1. The number of phenols is 1. The first-order chi connectivity index (χ1) is 18.2. The SMILES string of the molecule is C=CCCCC(=O)c1ccc(-c2ccc(OC(F)(F)CCC3CCC(CCC=C(F)F)CC3)cc2)cc1O. The molecule has 3 rings (SSSR count). The van der Waals surface area contributed by atoms with E-state index in [1.165, 1.54) is 18.2 Å².